The molecule has 0 amide bonds. The second kappa shape index (κ2) is 6.23. The van der Waals surface area contributed by atoms with Crippen LogP contribution < -0.4 is 10.4 Å². The third-order valence-electron chi connectivity index (χ3n) is 5.31. The number of benzene rings is 1. The topological polar surface area (TPSA) is 79.9 Å². The van der Waals surface area contributed by atoms with Gasteiger partial charge in [-0.2, -0.15) is 0 Å². The molecule has 0 radical (unpaired) electrons. The van der Waals surface area contributed by atoms with Crippen LogP contribution in [0.15, 0.2) is 33.0 Å². The van der Waals surface area contributed by atoms with Crippen molar-refractivity contribution in [2.45, 2.75) is 52.1 Å². The maximum Gasteiger partial charge on any atom is 0.343 e. The molecule has 3 rings (SSSR count). The molecule has 2 N–H and O–H groups in total. The van der Waals surface area contributed by atoms with Gasteiger partial charge in [-0.3, -0.25) is 0 Å². The normalized spacial score (nSPS) is 22.9. The van der Waals surface area contributed by atoms with E-state index in [4.69, 9.17) is 14.3 Å². The second-order valence-corrected chi connectivity index (χ2v) is 7.15. The molecule has 1 aliphatic rings. The molecule has 0 spiro atoms. The lowest BCUT2D eigenvalue weighted by atomic mass is 9.76. The summed E-state index contributed by atoms with van der Waals surface area (Å²) >= 11 is 0. The van der Waals surface area contributed by atoms with E-state index >= 15 is 0 Å². The van der Waals surface area contributed by atoms with Crippen molar-refractivity contribution in [3.05, 3.63) is 45.3 Å². The van der Waals surface area contributed by atoms with E-state index in [1.165, 1.54) is 6.07 Å². The number of aryl methyl sites for hydroxylation is 1. The van der Waals surface area contributed by atoms with Crippen LogP contribution in [0.3, 0.4) is 0 Å². The Balaban J connectivity index is 2.14. The summed E-state index contributed by atoms with van der Waals surface area (Å²) in [4.78, 5) is 12.7. The lowest BCUT2D eigenvalue weighted by Gasteiger charge is -2.26. The Morgan fingerprint density at radius 2 is 2.12 bits per heavy atom. The Morgan fingerprint density at radius 3 is 2.80 bits per heavy atom. The minimum absolute atomic E-state index is 0.0365. The van der Waals surface area contributed by atoms with Crippen LogP contribution in [0, 0.1) is 6.92 Å². The molecule has 5 nitrogen and oxygen atoms in total. The molecule has 0 saturated carbocycles. The van der Waals surface area contributed by atoms with Gasteiger partial charge in [0.2, 0.25) is 0 Å². The average Bonchev–Trinajstić information content (AvgIpc) is 2.78. The molecule has 2 atom stereocenters. The summed E-state index contributed by atoms with van der Waals surface area (Å²) in [7, 11) is 0. The highest BCUT2D eigenvalue weighted by Crippen LogP contribution is 2.48. The summed E-state index contributed by atoms with van der Waals surface area (Å²) in [5, 5.41) is 19.6. The van der Waals surface area contributed by atoms with Gasteiger partial charge in [-0.1, -0.05) is 18.6 Å². The SMILES string of the molecule is CC(=CCCC1(C)c2c(c3c(C)cc(O)cc3oc2=O)OC1C)CO. The number of aliphatic hydroxyl groups excluding tert-OH is 1. The molecular formula is C20H24O5. The lowest BCUT2D eigenvalue weighted by Crippen LogP contribution is -2.35. The number of hydrogen-bond donors (Lipinski definition) is 2. The first kappa shape index (κ1) is 17.5. The maximum atomic E-state index is 12.7. The Labute approximate surface area is 146 Å². The van der Waals surface area contributed by atoms with Crippen LogP contribution >= 0.6 is 0 Å². The van der Waals surface area contributed by atoms with Crippen LogP contribution in [0.2, 0.25) is 0 Å². The molecule has 5 heteroatoms. The van der Waals surface area contributed by atoms with Crippen molar-refractivity contribution in [2.24, 2.45) is 0 Å². The molecule has 0 bridgehead atoms. The zero-order chi connectivity index (χ0) is 18.4. The van der Waals surface area contributed by atoms with Gasteiger partial charge in [0, 0.05) is 11.5 Å². The van der Waals surface area contributed by atoms with Gasteiger partial charge >= 0.3 is 5.63 Å². The largest absolute Gasteiger partial charge is 0.508 e. The first-order valence-corrected chi connectivity index (χ1v) is 8.52. The van der Waals surface area contributed by atoms with Crippen LogP contribution in [0.25, 0.3) is 11.0 Å². The lowest BCUT2D eigenvalue weighted by molar-refractivity contribution is 0.168. The smallest absolute Gasteiger partial charge is 0.343 e. The van der Waals surface area contributed by atoms with E-state index in [2.05, 4.69) is 0 Å². The molecule has 2 heterocycles. The number of phenolic OH excluding ortho intramolecular Hbond substituents is 1. The summed E-state index contributed by atoms with van der Waals surface area (Å²) in [6.45, 7) is 7.75. The molecule has 0 fully saturated rings. The third-order valence-corrected chi connectivity index (χ3v) is 5.31. The average molecular weight is 344 g/mol. The highest BCUT2D eigenvalue weighted by Gasteiger charge is 2.46. The van der Waals surface area contributed by atoms with E-state index in [9.17, 15) is 9.90 Å². The van der Waals surface area contributed by atoms with Crippen molar-refractivity contribution in [3.63, 3.8) is 0 Å². The predicted octanol–water partition coefficient (Wildman–Crippen LogP) is 3.56. The molecule has 1 aliphatic heterocycles. The molecule has 134 valence electrons. The number of aromatic hydroxyl groups is 1. The molecule has 0 aliphatic carbocycles. The number of fused-ring (bicyclic) bond motifs is 3. The molecule has 25 heavy (non-hydrogen) atoms. The highest BCUT2D eigenvalue weighted by atomic mass is 16.5. The van der Waals surface area contributed by atoms with Gasteiger partial charge in [-0.15, -0.1) is 0 Å². The van der Waals surface area contributed by atoms with E-state index in [0.717, 1.165) is 22.9 Å². The van der Waals surface area contributed by atoms with Gasteiger partial charge in [-0.25, -0.2) is 4.79 Å². The van der Waals surface area contributed by atoms with Crippen LogP contribution in [-0.2, 0) is 5.41 Å². The van der Waals surface area contributed by atoms with E-state index in [0.29, 0.717) is 23.3 Å². The minimum Gasteiger partial charge on any atom is -0.508 e. The summed E-state index contributed by atoms with van der Waals surface area (Å²) in [5.41, 5.74) is 1.74. The number of hydrogen-bond acceptors (Lipinski definition) is 5. The standard InChI is InChI=1S/C20H24O5/c1-11(10-21)6-5-7-20(4)13(3)24-18-16-12(2)8-14(22)9-15(16)25-19(23)17(18)20/h6,8-9,13,21-22H,5,7,10H2,1-4H3. The number of rotatable bonds is 4. The van der Waals surface area contributed by atoms with Gasteiger partial charge in [0.1, 0.15) is 23.2 Å². The summed E-state index contributed by atoms with van der Waals surface area (Å²) < 4.78 is 11.6. The number of aliphatic hydroxyl groups is 1. The zero-order valence-electron chi connectivity index (χ0n) is 15.0. The van der Waals surface area contributed by atoms with E-state index in [1.54, 1.807) is 6.07 Å². The quantitative estimate of drug-likeness (QED) is 0.655. The van der Waals surface area contributed by atoms with Crippen molar-refractivity contribution in [2.75, 3.05) is 6.61 Å². The molecular weight excluding hydrogens is 320 g/mol. The van der Waals surface area contributed by atoms with Gasteiger partial charge in [0.05, 0.1) is 17.6 Å². The maximum absolute atomic E-state index is 12.7. The van der Waals surface area contributed by atoms with Crippen molar-refractivity contribution >= 4 is 11.0 Å². The molecule has 2 aromatic rings. The summed E-state index contributed by atoms with van der Waals surface area (Å²) in [6, 6.07) is 3.08. The van der Waals surface area contributed by atoms with E-state index in [1.807, 2.05) is 33.8 Å². The van der Waals surface area contributed by atoms with Crippen molar-refractivity contribution < 1.29 is 19.4 Å². The van der Waals surface area contributed by atoms with Crippen LogP contribution in [0.5, 0.6) is 11.5 Å². The Bertz CT molecular complexity index is 908. The predicted molar refractivity (Wildman–Crippen MR) is 96.4 cm³/mol. The Hall–Kier alpha value is -2.27. The summed E-state index contributed by atoms with van der Waals surface area (Å²) in [6.07, 6.45) is 3.27. The van der Waals surface area contributed by atoms with Gasteiger partial charge in [-0.05, 0) is 45.2 Å². The highest BCUT2D eigenvalue weighted by molar-refractivity contribution is 5.89. The van der Waals surface area contributed by atoms with E-state index in [-0.39, 0.29) is 18.5 Å². The van der Waals surface area contributed by atoms with Crippen molar-refractivity contribution in [3.8, 4) is 11.5 Å². The monoisotopic (exact) mass is 344 g/mol. The zero-order valence-corrected chi connectivity index (χ0v) is 15.0. The molecule has 1 aromatic carbocycles. The minimum atomic E-state index is -0.472. The van der Waals surface area contributed by atoms with E-state index < -0.39 is 11.0 Å². The second-order valence-electron chi connectivity index (χ2n) is 7.15. The first-order valence-electron chi connectivity index (χ1n) is 8.52. The van der Waals surface area contributed by atoms with Gasteiger partial charge in [0.25, 0.3) is 0 Å². The molecule has 1 aromatic heterocycles. The fourth-order valence-corrected chi connectivity index (χ4v) is 3.61. The van der Waals surface area contributed by atoms with Gasteiger partial charge in [0.15, 0.2) is 0 Å². The van der Waals surface area contributed by atoms with Crippen molar-refractivity contribution in [1.82, 2.24) is 0 Å². The fraction of sp³-hybridized carbons (Fsp3) is 0.450. The third kappa shape index (κ3) is 2.82. The summed E-state index contributed by atoms with van der Waals surface area (Å²) in [5.74, 6) is 0.633. The molecule has 2 unspecified atom stereocenters. The Morgan fingerprint density at radius 1 is 1.40 bits per heavy atom. The Kier molecular flexibility index (Phi) is 4.37. The number of phenols is 1. The van der Waals surface area contributed by atoms with Crippen LogP contribution in [0.4, 0.5) is 0 Å². The van der Waals surface area contributed by atoms with Gasteiger partial charge < -0.3 is 19.4 Å². The van der Waals surface area contributed by atoms with Crippen LogP contribution in [-0.4, -0.2) is 22.9 Å². The number of allylic oxidation sites excluding steroid dienone is 1. The fourth-order valence-electron chi connectivity index (χ4n) is 3.61. The number of ether oxygens (including phenoxy) is 1. The van der Waals surface area contributed by atoms with Crippen LogP contribution in [0.1, 0.15) is 44.7 Å². The first-order chi connectivity index (χ1) is 11.8. The van der Waals surface area contributed by atoms with Crippen molar-refractivity contribution in [1.29, 1.82) is 0 Å². The molecule has 0 saturated heterocycles.